The van der Waals surface area contributed by atoms with Gasteiger partial charge in [0, 0.05) is 6.42 Å². The van der Waals surface area contributed by atoms with Crippen LogP contribution in [0.2, 0.25) is 0 Å². The van der Waals surface area contributed by atoms with Crippen molar-refractivity contribution in [1.82, 2.24) is 10.2 Å². The molecular formula is C6H11Cl2N3O2. The third kappa shape index (κ3) is 3.63. The molecule has 0 unspecified atom stereocenters. The summed E-state index contributed by atoms with van der Waals surface area (Å²) in [5.74, 6) is -0.970. The molecule has 0 radical (unpaired) electrons. The summed E-state index contributed by atoms with van der Waals surface area (Å²) in [5, 5.41) is 14.8. The van der Waals surface area contributed by atoms with Crippen LogP contribution in [-0.2, 0) is 6.42 Å². The Hall–Kier alpha value is -0.780. The maximum absolute atomic E-state index is 10.5. The number of carbonyl (C=O) groups is 1. The Morgan fingerprint density at radius 1 is 1.62 bits per heavy atom. The molecule has 0 amide bonds. The predicted molar refractivity (Wildman–Crippen MR) is 52.8 cm³/mol. The number of hydrogen-bond acceptors (Lipinski definition) is 3. The lowest BCUT2D eigenvalue weighted by Gasteiger charge is -1.93. The summed E-state index contributed by atoms with van der Waals surface area (Å²) in [7, 11) is 0. The third-order valence-corrected chi connectivity index (χ3v) is 1.34. The Kier molecular flexibility index (Phi) is 7.60. The molecule has 0 bridgehead atoms. The van der Waals surface area contributed by atoms with E-state index in [9.17, 15) is 4.79 Å². The predicted octanol–water partition coefficient (Wildman–Crippen LogP) is 0.453. The van der Waals surface area contributed by atoms with Crippen molar-refractivity contribution in [2.24, 2.45) is 5.73 Å². The SMILES string of the molecule is Cl.Cl.NCCc1[nH]ncc1C(=O)O. The average Bonchev–Trinajstić information content (AvgIpc) is 2.36. The summed E-state index contributed by atoms with van der Waals surface area (Å²) in [6.07, 6.45) is 1.80. The Morgan fingerprint density at radius 2 is 2.23 bits per heavy atom. The van der Waals surface area contributed by atoms with Gasteiger partial charge >= 0.3 is 5.97 Å². The number of carboxylic acid groups (broad SMARTS) is 1. The van der Waals surface area contributed by atoms with E-state index in [2.05, 4.69) is 10.2 Å². The minimum Gasteiger partial charge on any atom is -0.478 e. The second kappa shape index (κ2) is 6.71. The smallest absolute Gasteiger partial charge is 0.339 e. The summed E-state index contributed by atoms with van der Waals surface area (Å²) < 4.78 is 0. The van der Waals surface area contributed by atoms with Gasteiger partial charge in [0.2, 0.25) is 0 Å². The van der Waals surface area contributed by atoms with Gasteiger partial charge in [0.25, 0.3) is 0 Å². The molecule has 1 rings (SSSR count). The second-order valence-electron chi connectivity index (χ2n) is 2.11. The number of carboxylic acids is 1. The molecule has 5 nitrogen and oxygen atoms in total. The van der Waals surface area contributed by atoms with Gasteiger partial charge in [-0.15, -0.1) is 24.8 Å². The van der Waals surface area contributed by atoms with Crippen LogP contribution < -0.4 is 5.73 Å². The first-order valence-corrected chi connectivity index (χ1v) is 3.21. The minimum atomic E-state index is -0.970. The van der Waals surface area contributed by atoms with Crippen LogP contribution in [0, 0.1) is 0 Å². The van der Waals surface area contributed by atoms with Crippen LogP contribution in [0.15, 0.2) is 6.20 Å². The van der Waals surface area contributed by atoms with Crippen LogP contribution in [0.3, 0.4) is 0 Å². The fourth-order valence-corrected chi connectivity index (χ4v) is 0.832. The van der Waals surface area contributed by atoms with E-state index in [0.29, 0.717) is 18.7 Å². The van der Waals surface area contributed by atoms with E-state index < -0.39 is 5.97 Å². The Balaban J connectivity index is 0. The molecule has 13 heavy (non-hydrogen) atoms. The highest BCUT2D eigenvalue weighted by molar-refractivity contribution is 5.88. The van der Waals surface area contributed by atoms with Crippen molar-refractivity contribution in [3.63, 3.8) is 0 Å². The first-order chi connectivity index (χ1) is 5.25. The molecule has 0 aliphatic heterocycles. The number of H-pyrrole nitrogens is 1. The largest absolute Gasteiger partial charge is 0.478 e. The van der Waals surface area contributed by atoms with E-state index in [1.807, 2.05) is 0 Å². The van der Waals surface area contributed by atoms with E-state index in [1.54, 1.807) is 0 Å². The number of hydrogen-bond donors (Lipinski definition) is 3. The number of halogens is 2. The molecule has 4 N–H and O–H groups in total. The van der Waals surface area contributed by atoms with Gasteiger partial charge in [0.1, 0.15) is 5.56 Å². The van der Waals surface area contributed by atoms with Crippen LogP contribution in [0.4, 0.5) is 0 Å². The molecule has 0 fully saturated rings. The van der Waals surface area contributed by atoms with Crippen molar-refractivity contribution in [2.75, 3.05) is 6.54 Å². The first-order valence-electron chi connectivity index (χ1n) is 3.21. The quantitative estimate of drug-likeness (QED) is 0.700. The number of aromatic nitrogens is 2. The molecule has 1 heterocycles. The van der Waals surface area contributed by atoms with Gasteiger partial charge < -0.3 is 10.8 Å². The van der Waals surface area contributed by atoms with Crippen LogP contribution in [-0.4, -0.2) is 27.8 Å². The standard InChI is InChI=1S/C6H9N3O2.2ClH/c7-2-1-5-4(6(10)11)3-8-9-5;;/h3H,1-2,7H2,(H,8,9)(H,10,11);2*1H. The summed E-state index contributed by atoms with van der Waals surface area (Å²) in [5.41, 5.74) is 6.04. The minimum absolute atomic E-state index is 0. The summed E-state index contributed by atoms with van der Waals surface area (Å²) in [6.45, 7) is 0.419. The highest BCUT2D eigenvalue weighted by Crippen LogP contribution is 2.03. The summed E-state index contributed by atoms with van der Waals surface area (Å²) in [4.78, 5) is 10.5. The molecule has 1 aromatic rings. The fraction of sp³-hybridized carbons (Fsp3) is 0.333. The van der Waals surface area contributed by atoms with Crippen molar-refractivity contribution in [1.29, 1.82) is 0 Å². The number of nitrogens with zero attached hydrogens (tertiary/aromatic N) is 1. The number of rotatable bonds is 3. The molecule has 0 aromatic carbocycles. The lowest BCUT2D eigenvalue weighted by Crippen LogP contribution is -2.07. The number of aromatic carboxylic acids is 1. The molecule has 0 aliphatic carbocycles. The normalized spacial score (nSPS) is 8.38. The topological polar surface area (TPSA) is 92.0 Å². The van der Waals surface area contributed by atoms with Gasteiger partial charge in [0.15, 0.2) is 0 Å². The number of nitrogens with one attached hydrogen (secondary N) is 1. The highest BCUT2D eigenvalue weighted by Gasteiger charge is 2.10. The van der Waals surface area contributed by atoms with Crippen LogP contribution in [0.1, 0.15) is 16.1 Å². The molecule has 7 heteroatoms. The highest BCUT2D eigenvalue weighted by atomic mass is 35.5. The van der Waals surface area contributed by atoms with E-state index in [0.717, 1.165) is 0 Å². The fourth-order valence-electron chi connectivity index (χ4n) is 0.832. The molecule has 76 valence electrons. The lowest BCUT2D eigenvalue weighted by molar-refractivity contribution is 0.0696. The monoisotopic (exact) mass is 227 g/mol. The maximum Gasteiger partial charge on any atom is 0.339 e. The molecular weight excluding hydrogens is 217 g/mol. The molecule has 0 saturated heterocycles. The van der Waals surface area contributed by atoms with Crippen molar-refractivity contribution in [3.05, 3.63) is 17.5 Å². The van der Waals surface area contributed by atoms with Crippen molar-refractivity contribution < 1.29 is 9.90 Å². The average molecular weight is 228 g/mol. The van der Waals surface area contributed by atoms with Gasteiger partial charge in [-0.2, -0.15) is 5.10 Å². The zero-order chi connectivity index (χ0) is 8.27. The van der Waals surface area contributed by atoms with Crippen molar-refractivity contribution in [3.8, 4) is 0 Å². The Bertz CT molecular complexity index is 264. The van der Waals surface area contributed by atoms with Crippen LogP contribution >= 0.6 is 24.8 Å². The second-order valence-corrected chi connectivity index (χ2v) is 2.11. The number of nitrogens with two attached hydrogens (primary N) is 1. The molecule has 0 spiro atoms. The third-order valence-electron chi connectivity index (χ3n) is 1.34. The summed E-state index contributed by atoms with van der Waals surface area (Å²) in [6, 6.07) is 0. The van der Waals surface area contributed by atoms with E-state index in [4.69, 9.17) is 10.8 Å². The van der Waals surface area contributed by atoms with Gasteiger partial charge in [0.05, 0.1) is 11.9 Å². The van der Waals surface area contributed by atoms with Gasteiger partial charge in [-0.25, -0.2) is 4.79 Å². The Morgan fingerprint density at radius 3 is 2.69 bits per heavy atom. The van der Waals surface area contributed by atoms with Gasteiger partial charge in [-0.05, 0) is 6.54 Å². The van der Waals surface area contributed by atoms with Crippen molar-refractivity contribution in [2.45, 2.75) is 6.42 Å². The molecule has 1 aromatic heterocycles. The van der Waals surface area contributed by atoms with Crippen LogP contribution in [0.25, 0.3) is 0 Å². The Labute approximate surface area is 87.5 Å². The number of aromatic amines is 1. The molecule has 0 atom stereocenters. The van der Waals surface area contributed by atoms with Gasteiger partial charge in [-0.1, -0.05) is 0 Å². The lowest BCUT2D eigenvalue weighted by atomic mass is 10.2. The summed E-state index contributed by atoms with van der Waals surface area (Å²) >= 11 is 0. The maximum atomic E-state index is 10.5. The molecule has 0 aliphatic rings. The van der Waals surface area contributed by atoms with E-state index in [1.165, 1.54) is 6.20 Å². The van der Waals surface area contributed by atoms with E-state index >= 15 is 0 Å². The van der Waals surface area contributed by atoms with Crippen LogP contribution in [0.5, 0.6) is 0 Å². The first kappa shape index (κ1) is 14.7. The van der Waals surface area contributed by atoms with Crippen molar-refractivity contribution >= 4 is 30.8 Å². The zero-order valence-corrected chi connectivity index (χ0v) is 8.32. The van der Waals surface area contributed by atoms with Gasteiger partial charge in [-0.3, -0.25) is 5.10 Å². The van der Waals surface area contributed by atoms with E-state index in [-0.39, 0.29) is 30.4 Å². The molecule has 0 saturated carbocycles. The zero-order valence-electron chi connectivity index (χ0n) is 6.69.